The molecule has 1 aromatic carbocycles. The molecular weight excluding hydrogens is 229 g/mol. The first-order chi connectivity index (χ1) is 6.40. The van der Waals surface area contributed by atoms with E-state index in [9.17, 15) is 0 Å². The quantitative estimate of drug-likeness (QED) is 0.800. The predicted molar refractivity (Wildman–Crippen MR) is 54.0 cm³/mol. The molecule has 0 atom stereocenters. The first-order valence-electron chi connectivity index (χ1n) is 3.97. The fourth-order valence-electron chi connectivity index (χ4n) is 1.02. The van der Waals surface area contributed by atoms with Crippen molar-refractivity contribution in [3.05, 3.63) is 30.3 Å². The van der Waals surface area contributed by atoms with Gasteiger partial charge in [-0.05, 0) is 0 Å². The van der Waals surface area contributed by atoms with E-state index in [0.717, 1.165) is 9.26 Å². The van der Waals surface area contributed by atoms with Crippen LogP contribution in [0.25, 0.3) is 10.1 Å². The molecule has 0 bridgehead atoms. The molecule has 2 aromatic rings. The van der Waals surface area contributed by atoms with Crippen LogP contribution in [0.3, 0.4) is 0 Å². The van der Waals surface area contributed by atoms with Crippen molar-refractivity contribution < 1.29 is 0 Å². The van der Waals surface area contributed by atoms with E-state index in [-0.39, 0.29) is 14.5 Å². The molecule has 0 unspecified atom stereocenters. The molecule has 0 fully saturated rings. The maximum atomic E-state index is 4.13. The number of rotatable bonds is 2. The molecule has 1 aromatic heterocycles. The third-order valence-electron chi connectivity index (χ3n) is 1.66. The summed E-state index contributed by atoms with van der Waals surface area (Å²) in [5.41, 5.74) is 1.18. The third-order valence-corrected chi connectivity index (χ3v) is 3.74. The van der Waals surface area contributed by atoms with Crippen LogP contribution in [-0.2, 0) is 0 Å². The van der Waals surface area contributed by atoms with Gasteiger partial charge in [-0.25, -0.2) is 0 Å². The topological polar surface area (TPSA) is 37.8 Å². The van der Waals surface area contributed by atoms with Gasteiger partial charge in [0.1, 0.15) is 0 Å². The number of hydrogen-bond donors (Lipinski definition) is 1. The van der Waals surface area contributed by atoms with Crippen molar-refractivity contribution in [2.24, 2.45) is 0 Å². The Bertz CT molecular complexity index is 383. The molecule has 0 aliphatic heterocycles. The summed E-state index contributed by atoms with van der Waals surface area (Å²) in [7, 11) is 1.88. The average Bonchev–Trinajstić information content (AvgIpc) is 2.67. The fraction of sp³-hybridized carbons (Fsp3) is 0.111. The van der Waals surface area contributed by atoms with Gasteiger partial charge in [-0.3, -0.25) is 0 Å². The molecule has 0 radical (unpaired) electrons. The van der Waals surface area contributed by atoms with Gasteiger partial charge in [0.15, 0.2) is 0 Å². The first-order valence-corrected chi connectivity index (χ1v) is 5.68. The van der Waals surface area contributed by atoms with Gasteiger partial charge in [-0.1, -0.05) is 0 Å². The van der Waals surface area contributed by atoms with Crippen LogP contribution in [0.5, 0.6) is 0 Å². The van der Waals surface area contributed by atoms with Crippen molar-refractivity contribution in [3.8, 4) is 10.1 Å². The van der Waals surface area contributed by atoms with E-state index in [4.69, 9.17) is 0 Å². The average molecular weight is 238 g/mol. The van der Waals surface area contributed by atoms with Crippen molar-refractivity contribution in [1.82, 2.24) is 10.2 Å². The van der Waals surface area contributed by atoms with Crippen LogP contribution < -0.4 is 5.32 Å². The van der Waals surface area contributed by atoms with Gasteiger partial charge in [-0.2, -0.15) is 0 Å². The van der Waals surface area contributed by atoms with Gasteiger partial charge in [-0.15, -0.1) is 0 Å². The molecule has 0 aliphatic rings. The predicted octanol–water partition coefficient (Wildman–Crippen LogP) is 1.24. The maximum absolute atomic E-state index is 4.13. The Labute approximate surface area is 82.6 Å². The van der Waals surface area contributed by atoms with E-state index in [2.05, 4.69) is 27.6 Å². The number of hydrogen-bond acceptors (Lipinski definition) is 3. The van der Waals surface area contributed by atoms with Crippen LogP contribution in [0.15, 0.2) is 30.3 Å². The second kappa shape index (κ2) is 3.73. The summed E-state index contributed by atoms with van der Waals surface area (Å²) < 4.78 is 2.09. The van der Waals surface area contributed by atoms with Crippen molar-refractivity contribution >= 4 is 19.2 Å². The number of anilines is 1. The molecule has 13 heavy (non-hydrogen) atoms. The van der Waals surface area contributed by atoms with E-state index in [1.165, 1.54) is 5.56 Å². The molecular formula is C9H9N3Se. The molecule has 4 heteroatoms. The van der Waals surface area contributed by atoms with Gasteiger partial charge in [0.2, 0.25) is 0 Å². The Balaban J connectivity index is 2.36. The third kappa shape index (κ3) is 1.79. The van der Waals surface area contributed by atoms with E-state index in [0.29, 0.717) is 0 Å². The number of benzene rings is 1. The SMILES string of the molecule is CNc1nnc(-c2ccccc2)[se]1. The van der Waals surface area contributed by atoms with Crippen LogP contribution in [-0.4, -0.2) is 31.7 Å². The summed E-state index contributed by atoms with van der Waals surface area (Å²) in [5.74, 6) is 0. The summed E-state index contributed by atoms with van der Waals surface area (Å²) >= 11 is 0.246. The Hall–Kier alpha value is -1.12. The summed E-state index contributed by atoms with van der Waals surface area (Å²) in [4.78, 5) is 0. The zero-order valence-electron chi connectivity index (χ0n) is 7.19. The Morgan fingerprint density at radius 3 is 2.54 bits per heavy atom. The van der Waals surface area contributed by atoms with E-state index >= 15 is 0 Å². The van der Waals surface area contributed by atoms with E-state index < -0.39 is 0 Å². The second-order valence-electron chi connectivity index (χ2n) is 2.53. The van der Waals surface area contributed by atoms with Crippen molar-refractivity contribution in [3.63, 3.8) is 0 Å². The molecule has 0 saturated heterocycles. The number of nitrogens with one attached hydrogen (secondary N) is 1. The van der Waals surface area contributed by atoms with Crippen LogP contribution in [0.4, 0.5) is 4.69 Å². The van der Waals surface area contributed by atoms with Crippen LogP contribution in [0.2, 0.25) is 0 Å². The van der Waals surface area contributed by atoms with E-state index in [1.54, 1.807) is 0 Å². The molecule has 0 aliphatic carbocycles. The Morgan fingerprint density at radius 1 is 1.15 bits per heavy atom. The van der Waals surface area contributed by atoms with Gasteiger partial charge in [0.25, 0.3) is 0 Å². The second-order valence-corrected chi connectivity index (χ2v) is 4.58. The van der Waals surface area contributed by atoms with Gasteiger partial charge >= 0.3 is 82.2 Å². The van der Waals surface area contributed by atoms with Crippen molar-refractivity contribution in [2.45, 2.75) is 0 Å². The van der Waals surface area contributed by atoms with E-state index in [1.807, 2.05) is 25.2 Å². The van der Waals surface area contributed by atoms with Gasteiger partial charge in [0.05, 0.1) is 0 Å². The summed E-state index contributed by atoms with van der Waals surface area (Å²) in [6, 6.07) is 10.2. The van der Waals surface area contributed by atoms with Crippen molar-refractivity contribution in [1.29, 1.82) is 0 Å². The molecule has 3 nitrogen and oxygen atoms in total. The molecule has 0 saturated carbocycles. The monoisotopic (exact) mass is 239 g/mol. The Kier molecular flexibility index (Phi) is 2.43. The van der Waals surface area contributed by atoms with Crippen LogP contribution in [0, 0.1) is 0 Å². The zero-order valence-corrected chi connectivity index (χ0v) is 8.90. The summed E-state index contributed by atoms with van der Waals surface area (Å²) in [6.45, 7) is 0. The number of nitrogens with zero attached hydrogens (tertiary/aromatic N) is 2. The molecule has 2 rings (SSSR count). The zero-order chi connectivity index (χ0) is 9.10. The fourth-order valence-corrected chi connectivity index (χ4v) is 2.50. The molecule has 0 amide bonds. The minimum atomic E-state index is 0.246. The summed E-state index contributed by atoms with van der Waals surface area (Å²) in [6.07, 6.45) is 0. The number of aromatic nitrogens is 2. The Morgan fingerprint density at radius 2 is 1.92 bits per heavy atom. The first kappa shape index (κ1) is 8.48. The van der Waals surface area contributed by atoms with Crippen LogP contribution >= 0.6 is 0 Å². The van der Waals surface area contributed by atoms with Gasteiger partial charge < -0.3 is 0 Å². The van der Waals surface area contributed by atoms with Crippen molar-refractivity contribution in [2.75, 3.05) is 12.4 Å². The standard InChI is InChI=1S/C9H9N3Se/c1-10-9-12-11-8(13-9)7-5-3-2-4-6-7/h2-6H,1H3,(H,10,12). The normalized spacial score (nSPS) is 9.92. The minimum absolute atomic E-state index is 0.246. The molecule has 1 heterocycles. The van der Waals surface area contributed by atoms with Gasteiger partial charge in [0, 0.05) is 0 Å². The molecule has 1 N–H and O–H groups in total. The molecule has 0 spiro atoms. The molecule has 66 valence electrons. The van der Waals surface area contributed by atoms with Crippen LogP contribution in [0.1, 0.15) is 0 Å². The summed E-state index contributed by atoms with van der Waals surface area (Å²) in [5, 5.41) is 11.2.